The molecule has 0 saturated heterocycles. The van der Waals surface area contributed by atoms with Gasteiger partial charge in [-0.15, -0.1) is 0 Å². The molecule has 1 N–H and O–H groups in total. The highest BCUT2D eigenvalue weighted by molar-refractivity contribution is 9.10. The maximum atomic E-state index is 12.1. The zero-order valence-electron chi connectivity index (χ0n) is 14.7. The highest BCUT2D eigenvalue weighted by atomic mass is 79.9. The molecule has 0 radical (unpaired) electrons. The summed E-state index contributed by atoms with van der Waals surface area (Å²) in [6, 6.07) is 12.3. The molecular formula is C19H17BrN2O4S. The lowest BCUT2D eigenvalue weighted by atomic mass is 10.2. The van der Waals surface area contributed by atoms with Crippen LogP contribution in [0.15, 0.2) is 46.9 Å². The van der Waals surface area contributed by atoms with E-state index in [0.717, 1.165) is 9.17 Å². The molecule has 1 heterocycles. The van der Waals surface area contributed by atoms with Crippen molar-refractivity contribution in [3.8, 4) is 5.75 Å². The average molecular weight is 449 g/mol. The Kier molecular flexibility index (Phi) is 6.08. The predicted octanol–water partition coefficient (Wildman–Crippen LogP) is 4.64. The number of carbonyl (C=O) groups excluding carboxylic acids is 2. The average Bonchev–Trinajstić information content (AvgIpc) is 3.01. The monoisotopic (exact) mass is 448 g/mol. The zero-order valence-corrected chi connectivity index (χ0v) is 17.1. The number of benzene rings is 2. The summed E-state index contributed by atoms with van der Waals surface area (Å²) in [5, 5.41) is 3.16. The Morgan fingerprint density at radius 1 is 1.19 bits per heavy atom. The second-order valence-corrected chi connectivity index (χ2v) is 7.89. The van der Waals surface area contributed by atoms with Gasteiger partial charge in [0.25, 0.3) is 5.91 Å². The molecule has 0 aliphatic rings. The van der Waals surface area contributed by atoms with Gasteiger partial charge in [0.15, 0.2) is 11.7 Å². The molecule has 2 aromatic carbocycles. The van der Waals surface area contributed by atoms with Gasteiger partial charge in [-0.05, 0) is 56.3 Å². The third-order valence-corrected chi connectivity index (χ3v) is 4.86. The number of fused-ring (bicyclic) bond motifs is 1. The van der Waals surface area contributed by atoms with Gasteiger partial charge < -0.3 is 9.47 Å². The molecule has 0 spiro atoms. The highest BCUT2D eigenvalue weighted by Gasteiger charge is 2.13. The number of ether oxygens (including phenoxy) is 2. The van der Waals surface area contributed by atoms with Crippen LogP contribution in [0, 0.1) is 0 Å². The van der Waals surface area contributed by atoms with Gasteiger partial charge in [0.1, 0.15) is 5.75 Å². The number of nitrogens with one attached hydrogen (secondary N) is 1. The molecule has 3 rings (SSSR count). The number of carbonyl (C=O) groups is 2. The summed E-state index contributed by atoms with van der Waals surface area (Å²) in [4.78, 5) is 28.4. The minimum Gasteiger partial charge on any atom is -0.484 e. The summed E-state index contributed by atoms with van der Waals surface area (Å²) in [6.07, 6.45) is -0.185. The quantitative estimate of drug-likeness (QED) is 0.555. The topological polar surface area (TPSA) is 77.5 Å². The van der Waals surface area contributed by atoms with Gasteiger partial charge >= 0.3 is 5.97 Å². The third kappa shape index (κ3) is 5.27. The van der Waals surface area contributed by atoms with E-state index < -0.39 is 0 Å². The molecule has 0 unspecified atom stereocenters. The molecule has 0 aliphatic carbocycles. The minimum atomic E-state index is -0.381. The van der Waals surface area contributed by atoms with Crippen molar-refractivity contribution in [1.29, 1.82) is 0 Å². The lowest BCUT2D eigenvalue weighted by Crippen LogP contribution is -2.19. The Hall–Kier alpha value is -2.45. The molecule has 27 heavy (non-hydrogen) atoms. The minimum absolute atomic E-state index is 0.122. The first-order valence-corrected chi connectivity index (χ1v) is 9.81. The van der Waals surface area contributed by atoms with E-state index in [4.69, 9.17) is 9.47 Å². The lowest BCUT2D eigenvalue weighted by Gasteiger charge is -2.07. The fourth-order valence-electron chi connectivity index (χ4n) is 2.22. The van der Waals surface area contributed by atoms with Crippen molar-refractivity contribution in [3.63, 3.8) is 0 Å². The number of thiazole rings is 1. The Morgan fingerprint density at radius 3 is 2.63 bits per heavy atom. The number of anilines is 1. The van der Waals surface area contributed by atoms with Gasteiger partial charge in [-0.2, -0.15) is 0 Å². The zero-order chi connectivity index (χ0) is 19.4. The van der Waals surface area contributed by atoms with Crippen LogP contribution in [0.1, 0.15) is 24.2 Å². The molecule has 0 aliphatic heterocycles. The third-order valence-electron chi connectivity index (χ3n) is 3.40. The van der Waals surface area contributed by atoms with E-state index in [1.165, 1.54) is 11.3 Å². The summed E-state index contributed by atoms with van der Waals surface area (Å²) in [6.45, 7) is 3.48. The molecule has 1 aromatic heterocycles. The van der Waals surface area contributed by atoms with Gasteiger partial charge in [0, 0.05) is 4.47 Å². The van der Waals surface area contributed by atoms with Crippen molar-refractivity contribution in [2.24, 2.45) is 0 Å². The van der Waals surface area contributed by atoms with Crippen LogP contribution >= 0.6 is 27.3 Å². The van der Waals surface area contributed by atoms with Crippen LogP contribution in [0.4, 0.5) is 5.13 Å². The van der Waals surface area contributed by atoms with E-state index in [0.29, 0.717) is 22.0 Å². The van der Waals surface area contributed by atoms with Crippen molar-refractivity contribution >= 4 is 54.5 Å². The van der Waals surface area contributed by atoms with Crippen molar-refractivity contribution in [2.45, 2.75) is 20.0 Å². The Bertz CT molecular complexity index is 970. The standard InChI is InChI=1S/C19H17BrN2O4S/c1-11(2)26-18(24)12-3-8-15-16(9-12)27-19(21-15)22-17(23)10-25-14-6-4-13(20)5-7-14/h3-9,11H,10H2,1-2H3,(H,21,22,23). The highest BCUT2D eigenvalue weighted by Crippen LogP contribution is 2.27. The summed E-state index contributed by atoms with van der Waals surface area (Å²) in [5.74, 6) is -0.0869. The van der Waals surface area contributed by atoms with E-state index in [9.17, 15) is 9.59 Å². The molecule has 0 atom stereocenters. The van der Waals surface area contributed by atoms with Crippen LogP contribution in [0.25, 0.3) is 10.2 Å². The van der Waals surface area contributed by atoms with Crippen molar-refractivity contribution in [3.05, 3.63) is 52.5 Å². The first-order valence-electron chi connectivity index (χ1n) is 8.20. The molecule has 8 heteroatoms. The SMILES string of the molecule is CC(C)OC(=O)c1ccc2nc(NC(=O)COc3ccc(Br)cc3)sc2c1. The van der Waals surface area contributed by atoms with Gasteiger partial charge in [-0.1, -0.05) is 27.3 Å². The van der Waals surface area contributed by atoms with Gasteiger partial charge in [-0.3, -0.25) is 10.1 Å². The summed E-state index contributed by atoms with van der Waals surface area (Å²) in [7, 11) is 0. The Morgan fingerprint density at radius 2 is 1.93 bits per heavy atom. The number of nitrogens with zero attached hydrogens (tertiary/aromatic N) is 1. The number of amides is 1. The molecule has 140 valence electrons. The second kappa shape index (κ2) is 8.49. The number of halogens is 1. The van der Waals surface area contributed by atoms with E-state index in [1.807, 2.05) is 12.1 Å². The van der Waals surface area contributed by atoms with Crippen LogP contribution in [0.2, 0.25) is 0 Å². The number of rotatable bonds is 6. The first kappa shape index (κ1) is 19.3. The first-order chi connectivity index (χ1) is 12.9. The van der Waals surface area contributed by atoms with Crippen molar-refractivity contribution in [2.75, 3.05) is 11.9 Å². The van der Waals surface area contributed by atoms with Crippen LogP contribution in [0.5, 0.6) is 5.75 Å². The van der Waals surface area contributed by atoms with Crippen LogP contribution in [-0.4, -0.2) is 29.6 Å². The number of hydrogen-bond acceptors (Lipinski definition) is 6. The number of hydrogen-bond donors (Lipinski definition) is 1. The second-order valence-electron chi connectivity index (χ2n) is 5.95. The maximum Gasteiger partial charge on any atom is 0.338 e. The number of aromatic nitrogens is 1. The fraction of sp³-hybridized carbons (Fsp3) is 0.211. The molecule has 0 bridgehead atoms. The van der Waals surface area contributed by atoms with E-state index in [2.05, 4.69) is 26.2 Å². The normalized spacial score (nSPS) is 10.8. The molecular weight excluding hydrogens is 432 g/mol. The summed E-state index contributed by atoms with van der Waals surface area (Å²) in [5.41, 5.74) is 1.15. The van der Waals surface area contributed by atoms with Crippen molar-refractivity contribution < 1.29 is 19.1 Å². The van der Waals surface area contributed by atoms with Gasteiger partial charge in [0.05, 0.1) is 21.9 Å². The number of esters is 1. The van der Waals surface area contributed by atoms with Crippen LogP contribution in [-0.2, 0) is 9.53 Å². The lowest BCUT2D eigenvalue weighted by molar-refractivity contribution is -0.118. The molecule has 1 amide bonds. The van der Waals surface area contributed by atoms with Crippen LogP contribution < -0.4 is 10.1 Å². The molecule has 3 aromatic rings. The van der Waals surface area contributed by atoms with Crippen molar-refractivity contribution in [1.82, 2.24) is 4.98 Å². The fourth-order valence-corrected chi connectivity index (χ4v) is 3.41. The van der Waals surface area contributed by atoms with E-state index in [-0.39, 0.29) is 24.6 Å². The smallest absolute Gasteiger partial charge is 0.338 e. The van der Waals surface area contributed by atoms with E-state index in [1.54, 1.807) is 44.2 Å². The van der Waals surface area contributed by atoms with E-state index >= 15 is 0 Å². The van der Waals surface area contributed by atoms with Crippen LogP contribution in [0.3, 0.4) is 0 Å². The summed E-state index contributed by atoms with van der Waals surface area (Å²) < 4.78 is 12.4. The Labute approximate surface area is 168 Å². The summed E-state index contributed by atoms with van der Waals surface area (Å²) >= 11 is 4.63. The maximum absolute atomic E-state index is 12.1. The predicted molar refractivity (Wildman–Crippen MR) is 108 cm³/mol. The van der Waals surface area contributed by atoms with Gasteiger partial charge in [0.2, 0.25) is 0 Å². The van der Waals surface area contributed by atoms with Gasteiger partial charge in [-0.25, -0.2) is 9.78 Å². The molecule has 0 saturated carbocycles. The Balaban J connectivity index is 1.63. The largest absolute Gasteiger partial charge is 0.484 e. The molecule has 0 fully saturated rings. The molecule has 6 nitrogen and oxygen atoms in total.